The molecule has 0 atom stereocenters. The molecular formula is C19H15N3O5S. The van der Waals surface area contributed by atoms with Crippen LogP contribution in [0.4, 0.5) is 10.8 Å². The van der Waals surface area contributed by atoms with Gasteiger partial charge in [0.05, 0.1) is 26.8 Å². The normalized spacial score (nSPS) is 12.6. The molecular weight excluding hydrogens is 382 g/mol. The molecule has 1 aliphatic heterocycles. The highest BCUT2D eigenvalue weighted by Gasteiger charge is 2.22. The predicted octanol–water partition coefficient (Wildman–Crippen LogP) is 4.15. The van der Waals surface area contributed by atoms with Gasteiger partial charge in [0.25, 0.3) is 5.69 Å². The molecule has 1 amide bonds. The van der Waals surface area contributed by atoms with Crippen LogP contribution in [-0.2, 0) is 11.2 Å². The van der Waals surface area contributed by atoms with E-state index in [1.54, 1.807) is 0 Å². The van der Waals surface area contributed by atoms with Gasteiger partial charge in [-0.15, -0.1) is 0 Å². The van der Waals surface area contributed by atoms with E-state index in [4.69, 9.17) is 9.47 Å². The number of rotatable bonds is 5. The lowest BCUT2D eigenvalue weighted by atomic mass is 10.1. The van der Waals surface area contributed by atoms with Crippen LogP contribution in [0.1, 0.15) is 18.1 Å². The fourth-order valence-electron chi connectivity index (χ4n) is 2.79. The van der Waals surface area contributed by atoms with Gasteiger partial charge in [0, 0.05) is 6.08 Å². The van der Waals surface area contributed by atoms with E-state index in [2.05, 4.69) is 23.3 Å². The molecule has 0 saturated carbocycles. The third-order valence-electron chi connectivity index (χ3n) is 4.22. The Balaban J connectivity index is 1.54. The average Bonchev–Trinajstić information content (AvgIpc) is 3.30. The molecule has 142 valence electrons. The van der Waals surface area contributed by atoms with Crippen LogP contribution in [0.15, 0.2) is 36.4 Å². The number of aryl methyl sites for hydroxylation is 1. The van der Waals surface area contributed by atoms with E-state index in [9.17, 15) is 14.9 Å². The maximum atomic E-state index is 12.2. The fraction of sp³-hybridized carbons (Fsp3) is 0.158. The molecule has 0 fully saturated rings. The Morgan fingerprint density at radius 3 is 2.86 bits per heavy atom. The van der Waals surface area contributed by atoms with E-state index in [-0.39, 0.29) is 18.0 Å². The van der Waals surface area contributed by atoms with Crippen LogP contribution in [0.5, 0.6) is 11.5 Å². The van der Waals surface area contributed by atoms with E-state index in [1.165, 1.54) is 41.2 Å². The van der Waals surface area contributed by atoms with Crippen molar-refractivity contribution in [3.8, 4) is 11.5 Å². The molecule has 1 aromatic heterocycles. The van der Waals surface area contributed by atoms with Gasteiger partial charge in [0.2, 0.25) is 12.7 Å². The minimum atomic E-state index is -0.529. The molecule has 3 aromatic rings. The summed E-state index contributed by atoms with van der Waals surface area (Å²) < 4.78 is 11.4. The average molecular weight is 397 g/mol. The molecule has 0 bridgehead atoms. The Kier molecular flexibility index (Phi) is 4.66. The zero-order chi connectivity index (χ0) is 19.7. The second kappa shape index (κ2) is 7.28. The molecule has 0 aliphatic carbocycles. The standard InChI is InChI=1S/C19H15N3O5S/c1-2-11-3-5-13-17(7-11)28-19(20-13)21-18(23)6-4-12-8-15-16(27-10-26-15)9-14(12)22(24)25/h3-9H,2,10H2,1H3,(H,20,21,23)/b6-4+. The highest BCUT2D eigenvalue weighted by atomic mass is 32.1. The zero-order valence-electron chi connectivity index (χ0n) is 14.8. The summed E-state index contributed by atoms with van der Waals surface area (Å²) in [5.74, 6) is 0.291. The quantitative estimate of drug-likeness (QED) is 0.394. The maximum absolute atomic E-state index is 12.2. The van der Waals surface area contributed by atoms with Crippen molar-refractivity contribution < 1.29 is 19.2 Å². The number of nitro benzene ring substituents is 1. The largest absolute Gasteiger partial charge is 0.454 e. The van der Waals surface area contributed by atoms with Crippen LogP contribution < -0.4 is 14.8 Å². The summed E-state index contributed by atoms with van der Waals surface area (Å²) in [6.45, 7) is 2.09. The van der Waals surface area contributed by atoms with Crippen LogP contribution in [0.3, 0.4) is 0 Å². The highest BCUT2D eigenvalue weighted by Crippen LogP contribution is 2.38. The van der Waals surface area contributed by atoms with Gasteiger partial charge >= 0.3 is 0 Å². The summed E-state index contributed by atoms with van der Waals surface area (Å²) in [5.41, 5.74) is 2.10. The molecule has 2 heterocycles. The Morgan fingerprint density at radius 1 is 1.32 bits per heavy atom. The molecule has 8 nitrogen and oxygen atoms in total. The van der Waals surface area contributed by atoms with E-state index in [0.717, 1.165) is 16.6 Å². The van der Waals surface area contributed by atoms with Gasteiger partial charge in [-0.2, -0.15) is 0 Å². The number of aromatic nitrogens is 1. The number of anilines is 1. The molecule has 1 N–H and O–H groups in total. The maximum Gasteiger partial charge on any atom is 0.280 e. The molecule has 1 aliphatic rings. The van der Waals surface area contributed by atoms with Crippen LogP contribution >= 0.6 is 11.3 Å². The van der Waals surface area contributed by atoms with Crippen LogP contribution in [0, 0.1) is 10.1 Å². The van der Waals surface area contributed by atoms with Crippen molar-refractivity contribution in [1.82, 2.24) is 4.98 Å². The van der Waals surface area contributed by atoms with Gasteiger partial charge in [0.1, 0.15) is 0 Å². The molecule has 0 saturated heterocycles. The van der Waals surface area contributed by atoms with Gasteiger partial charge < -0.3 is 9.47 Å². The number of carbonyl (C=O) groups excluding carboxylic acids is 1. The number of hydrogen-bond acceptors (Lipinski definition) is 7. The summed E-state index contributed by atoms with van der Waals surface area (Å²) in [6.07, 6.45) is 3.53. The van der Waals surface area contributed by atoms with Crippen molar-refractivity contribution >= 4 is 44.4 Å². The molecule has 0 unspecified atom stereocenters. The van der Waals surface area contributed by atoms with Gasteiger partial charge in [-0.05, 0) is 36.3 Å². The van der Waals surface area contributed by atoms with Crippen molar-refractivity contribution in [2.24, 2.45) is 0 Å². The number of carbonyl (C=O) groups is 1. The lowest BCUT2D eigenvalue weighted by Crippen LogP contribution is -2.07. The van der Waals surface area contributed by atoms with Gasteiger partial charge in [-0.25, -0.2) is 4.98 Å². The molecule has 0 spiro atoms. The molecule has 2 aromatic carbocycles. The summed E-state index contributed by atoms with van der Waals surface area (Å²) >= 11 is 1.38. The third-order valence-corrected chi connectivity index (χ3v) is 5.16. The van der Waals surface area contributed by atoms with E-state index in [1.807, 2.05) is 12.1 Å². The molecule has 0 radical (unpaired) electrons. The lowest BCUT2D eigenvalue weighted by Gasteiger charge is -2.01. The van der Waals surface area contributed by atoms with Crippen LogP contribution in [0.2, 0.25) is 0 Å². The van der Waals surface area contributed by atoms with Crippen LogP contribution in [-0.4, -0.2) is 22.6 Å². The molecule has 28 heavy (non-hydrogen) atoms. The summed E-state index contributed by atoms with van der Waals surface area (Å²) in [6, 6.07) is 8.75. The predicted molar refractivity (Wildman–Crippen MR) is 106 cm³/mol. The van der Waals surface area contributed by atoms with Crippen molar-refractivity contribution in [2.45, 2.75) is 13.3 Å². The number of thiazole rings is 1. The minimum Gasteiger partial charge on any atom is -0.454 e. The number of fused-ring (bicyclic) bond motifs is 2. The van der Waals surface area contributed by atoms with Crippen molar-refractivity contribution in [2.75, 3.05) is 12.1 Å². The zero-order valence-corrected chi connectivity index (χ0v) is 15.6. The van der Waals surface area contributed by atoms with Crippen molar-refractivity contribution in [3.05, 3.63) is 57.6 Å². The number of ether oxygens (including phenoxy) is 2. The summed E-state index contributed by atoms with van der Waals surface area (Å²) in [5, 5.41) is 14.4. The SMILES string of the molecule is CCc1ccc2nc(NC(=O)/C=C/c3cc4c(cc3[N+](=O)[O-])OCO4)sc2c1. The number of nitrogens with one attached hydrogen (secondary N) is 1. The van der Waals surface area contributed by atoms with E-state index >= 15 is 0 Å². The topological polar surface area (TPSA) is 104 Å². The first-order valence-electron chi connectivity index (χ1n) is 8.50. The van der Waals surface area contributed by atoms with Gasteiger partial charge in [-0.1, -0.05) is 24.3 Å². The minimum absolute atomic E-state index is 0.0114. The number of hydrogen-bond donors (Lipinski definition) is 1. The Labute approximate surface area is 163 Å². The second-order valence-corrected chi connectivity index (χ2v) is 7.05. The van der Waals surface area contributed by atoms with Crippen molar-refractivity contribution in [1.29, 1.82) is 0 Å². The lowest BCUT2D eigenvalue weighted by molar-refractivity contribution is -0.385. The first-order chi connectivity index (χ1) is 13.5. The third kappa shape index (κ3) is 3.52. The summed E-state index contributed by atoms with van der Waals surface area (Å²) in [7, 11) is 0. The first kappa shape index (κ1) is 17.9. The second-order valence-electron chi connectivity index (χ2n) is 6.02. The number of amides is 1. The van der Waals surface area contributed by atoms with E-state index < -0.39 is 10.8 Å². The Bertz CT molecular complexity index is 1120. The highest BCUT2D eigenvalue weighted by molar-refractivity contribution is 7.22. The monoisotopic (exact) mass is 397 g/mol. The van der Waals surface area contributed by atoms with E-state index in [0.29, 0.717) is 16.6 Å². The Hall–Kier alpha value is -3.46. The molecule has 9 heteroatoms. The van der Waals surface area contributed by atoms with Gasteiger partial charge in [-0.3, -0.25) is 20.2 Å². The first-order valence-corrected chi connectivity index (χ1v) is 9.31. The number of nitrogens with zero attached hydrogens (tertiary/aromatic N) is 2. The fourth-order valence-corrected chi connectivity index (χ4v) is 3.73. The molecule has 4 rings (SSSR count). The van der Waals surface area contributed by atoms with Crippen LogP contribution in [0.25, 0.3) is 16.3 Å². The van der Waals surface area contributed by atoms with Crippen molar-refractivity contribution in [3.63, 3.8) is 0 Å². The summed E-state index contributed by atoms with van der Waals surface area (Å²) in [4.78, 5) is 27.4. The van der Waals surface area contributed by atoms with Gasteiger partial charge in [0.15, 0.2) is 16.6 Å². The number of nitro groups is 1. The Morgan fingerprint density at radius 2 is 2.11 bits per heavy atom. The number of benzene rings is 2. The smallest absolute Gasteiger partial charge is 0.280 e.